The molecule has 62 valence electrons. The molecule has 0 spiro atoms. The molecule has 0 bridgehead atoms. The maximum Gasteiger partial charge on any atom is 0.102 e. The second-order valence-corrected chi connectivity index (χ2v) is 3.90. The molecule has 0 radical (unpaired) electrons. The second-order valence-electron chi connectivity index (χ2n) is 2.61. The molecule has 0 atom stereocenters. The van der Waals surface area contributed by atoms with E-state index in [-0.39, 0.29) is 0 Å². The highest BCUT2D eigenvalue weighted by Crippen LogP contribution is 2.25. The van der Waals surface area contributed by atoms with E-state index >= 15 is 0 Å². The Morgan fingerprint density at radius 2 is 2.33 bits per heavy atom. The summed E-state index contributed by atoms with van der Waals surface area (Å²) >= 11 is 9.22. The number of nitrogens with zero attached hydrogens (tertiary/aromatic N) is 2. The molecule has 0 saturated heterocycles. The molecule has 2 aromatic heterocycles. The Morgan fingerprint density at radius 3 is 3.08 bits per heavy atom. The number of hydrogen-bond acceptors (Lipinski definition) is 1. The molecule has 2 aromatic rings. The van der Waals surface area contributed by atoms with Crippen molar-refractivity contribution in [3.8, 4) is 0 Å². The third-order valence-electron chi connectivity index (χ3n) is 1.75. The fourth-order valence-corrected chi connectivity index (χ4v) is 1.95. The Hall–Kier alpha value is -0.540. The first-order valence-electron chi connectivity index (χ1n) is 3.44. The van der Waals surface area contributed by atoms with Crippen molar-refractivity contribution in [2.24, 2.45) is 7.05 Å². The molecule has 12 heavy (non-hydrogen) atoms. The number of fused-ring (bicyclic) bond motifs is 1. The number of halogens is 2. The molecular weight excluding hydrogens is 239 g/mol. The zero-order valence-corrected chi connectivity index (χ0v) is 8.72. The Balaban J connectivity index is 2.90. The summed E-state index contributed by atoms with van der Waals surface area (Å²) in [5, 5.41) is 0.663. The van der Waals surface area contributed by atoms with E-state index in [1.165, 1.54) is 0 Å². The summed E-state index contributed by atoms with van der Waals surface area (Å²) in [4.78, 5) is 4.20. The molecule has 0 N–H and O–H groups in total. The fraction of sp³-hybridized carbons (Fsp3) is 0.125. The number of rotatable bonds is 0. The first kappa shape index (κ1) is 8.08. The van der Waals surface area contributed by atoms with Gasteiger partial charge in [-0.15, -0.1) is 0 Å². The molecule has 0 saturated carbocycles. The van der Waals surface area contributed by atoms with Gasteiger partial charge in [0.25, 0.3) is 0 Å². The van der Waals surface area contributed by atoms with E-state index in [9.17, 15) is 0 Å². The van der Waals surface area contributed by atoms with Gasteiger partial charge in [0.05, 0.1) is 15.0 Å². The summed E-state index contributed by atoms with van der Waals surface area (Å²) in [6.45, 7) is 0. The van der Waals surface area contributed by atoms with Crippen molar-refractivity contribution in [3.05, 3.63) is 28.0 Å². The molecule has 2 nitrogen and oxygen atoms in total. The summed E-state index contributed by atoms with van der Waals surface area (Å²) in [6, 6.07) is 1.90. The molecule has 0 amide bonds. The van der Waals surface area contributed by atoms with Gasteiger partial charge in [0, 0.05) is 19.4 Å². The Morgan fingerprint density at radius 1 is 1.58 bits per heavy atom. The third kappa shape index (κ3) is 1.13. The Labute approximate surface area is 83.3 Å². The van der Waals surface area contributed by atoms with Gasteiger partial charge < -0.3 is 4.57 Å². The molecule has 0 aliphatic heterocycles. The number of aromatic nitrogens is 2. The van der Waals surface area contributed by atoms with Crippen molar-refractivity contribution in [2.75, 3.05) is 0 Å². The van der Waals surface area contributed by atoms with Crippen molar-refractivity contribution < 1.29 is 0 Å². The lowest BCUT2D eigenvalue weighted by molar-refractivity contribution is 0.966. The van der Waals surface area contributed by atoms with Crippen LogP contribution in [0.5, 0.6) is 0 Å². The van der Waals surface area contributed by atoms with Gasteiger partial charge in [-0.3, -0.25) is 4.98 Å². The fourth-order valence-electron chi connectivity index (χ4n) is 1.18. The molecule has 4 heteroatoms. The maximum atomic E-state index is 5.81. The molecule has 0 unspecified atom stereocenters. The van der Waals surface area contributed by atoms with Crippen LogP contribution in [0.15, 0.2) is 22.9 Å². The highest BCUT2D eigenvalue weighted by Gasteiger charge is 2.04. The van der Waals surface area contributed by atoms with Crippen molar-refractivity contribution in [1.82, 2.24) is 9.55 Å². The normalized spacial score (nSPS) is 10.9. The van der Waals surface area contributed by atoms with Gasteiger partial charge in [0.1, 0.15) is 5.52 Å². The van der Waals surface area contributed by atoms with E-state index in [0.717, 1.165) is 15.5 Å². The number of pyridine rings is 1. The van der Waals surface area contributed by atoms with Gasteiger partial charge in [-0.1, -0.05) is 11.6 Å². The van der Waals surface area contributed by atoms with Crippen molar-refractivity contribution in [3.63, 3.8) is 0 Å². The first-order valence-corrected chi connectivity index (χ1v) is 4.61. The first-order chi connectivity index (χ1) is 5.68. The molecule has 0 aromatic carbocycles. The van der Waals surface area contributed by atoms with Crippen LogP contribution in [-0.2, 0) is 7.05 Å². The highest BCUT2D eigenvalue weighted by atomic mass is 79.9. The molecule has 0 aliphatic carbocycles. The highest BCUT2D eigenvalue weighted by molar-refractivity contribution is 9.10. The van der Waals surface area contributed by atoms with Crippen LogP contribution in [0.1, 0.15) is 0 Å². The maximum absolute atomic E-state index is 5.81. The second kappa shape index (κ2) is 2.75. The summed E-state index contributed by atoms with van der Waals surface area (Å²) in [5.74, 6) is 0. The summed E-state index contributed by atoms with van der Waals surface area (Å²) < 4.78 is 2.98. The topological polar surface area (TPSA) is 17.8 Å². The molecule has 2 heterocycles. The minimum atomic E-state index is 0.663. The van der Waals surface area contributed by atoms with E-state index < -0.39 is 0 Å². The average Bonchev–Trinajstić information content (AvgIpc) is 2.28. The van der Waals surface area contributed by atoms with Gasteiger partial charge >= 0.3 is 0 Å². The van der Waals surface area contributed by atoms with Crippen LogP contribution in [0.3, 0.4) is 0 Å². The predicted octanol–water partition coefficient (Wildman–Crippen LogP) is 2.99. The van der Waals surface area contributed by atoms with Crippen LogP contribution >= 0.6 is 27.5 Å². The van der Waals surface area contributed by atoms with Crippen LogP contribution in [0.4, 0.5) is 0 Å². The van der Waals surface area contributed by atoms with Crippen molar-refractivity contribution >= 4 is 38.6 Å². The van der Waals surface area contributed by atoms with Gasteiger partial charge in [-0.2, -0.15) is 0 Å². The lowest BCUT2D eigenvalue weighted by atomic mass is 10.4. The Kier molecular flexibility index (Phi) is 1.85. The van der Waals surface area contributed by atoms with Crippen LogP contribution in [0, 0.1) is 0 Å². The summed E-state index contributed by atoms with van der Waals surface area (Å²) in [7, 11) is 1.96. The minimum absolute atomic E-state index is 0.663. The van der Waals surface area contributed by atoms with Crippen molar-refractivity contribution in [1.29, 1.82) is 0 Å². The van der Waals surface area contributed by atoms with Crippen LogP contribution in [0.2, 0.25) is 5.02 Å². The average molecular weight is 246 g/mol. The van der Waals surface area contributed by atoms with E-state index in [2.05, 4.69) is 20.9 Å². The third-order valence-corrected chi connectivity index (χ3v) is 2.53. The zero-order chi connectivity index (χ0) is 8.72. The largest absolute Gasteiger partial charge is 0.348 e. The standard InChI is InChI=1S/C8H6BrClN2/c1-12-4-6(9)8-7(12)2-5(10)3-11-8/h2-4H,1H3. The number of hydrogen-bond donors (Lipinski definition) is 0. The van der Waals surface area contributed by atoms with Gasteiger partial charge in [0.15, 0.2) is 0 Å². The minimum Gasteiger partial charge on any atom is -0.348 e. The van der Waals surface area contributed by atoms with Crippen LogP contribution in [0.25, 0.3) is 11.0 Å². The summed E-state index contributed by atoms with van der Waals surface area (Å²) in [6.07, 6.45) is 3.61. The summed E-state index contributed by atoms with van der Waals surface area (Å²) in [5.41, 5.74) is 1.98. The van der Waals surface area contributed by atoms with E-state index in [4.69, 9.17) is 11.6 Å². The van der Waals surface area contributed by atoms with E-state index in [0.29, 0.717) is 5.02 Å². The van der Waals surface area contributed by atoms with Gasteiger partial charge in [-0.25, -0.2) is 0 Å². The van der Waals surface area contributed by atoms with E-state index in [1.54, 1.807) is 6.20 Å². The smallest absolute Gasteiger partial charge is 0.102 e. The predicted molar refractivity (Wildman–Crippen MR) is 53.4 cm³/mol. The van der Waals surface area contributed by atoms with Crippen LogP contribution < -0.4 is 0 Å². The molecule has 2 rings (SSSR count). The molecule has 0 aliphatic rings. The van der Waals surface area contributed by atoms with Gasteiger partial charge in [0.2, 0.25) is 0 Å². The van der Waals surface area contributed by atoms with Gasteiger partial charge in [-0.05, 0) is 22.0 Å². The van der Waals surface area contributed by atoms with Crippen molar-refractivity contribution in [2.45, 2.75) is 0 Å². The zero-order valence-electron chi connectivity index (χ0n) is 6.38. The molecule has 0 fully saturated rings. The quantitative estimate of drug-likeness (QED) is 0.698. The number of aryl methyl sites for hydroxylation is 1. The Bertz CT molecular complexity index is 436. The van der Waals surface area contributed by atoms with E-state index in [1.807, 2.05) is 23.9 Å². The lowest BCUT2D eigenvalue weighted by Gasteiger charge is -1.94. The van der Waals surface area contributed by atoms with Crippen LogP contribution in [-0.4, -0.2) is 9.55 Å². The molecular formula is C8H6BrClN2. The monoisotopic (exact) mass is 244 g/mol. The lowest BCUT2D eigenvalue weighted by Crippen LogP contribution is -1.83. The SMILES string of the molecule is Cn1cc(Br)c2ncc(Cl)cc21.